The number of hydrogen-bond acceptors (Lipinski definition) is 6. The van der Waals surface area contributed by atoms with Gasteiger partial charge < -0.3 is 14.8 Å². The van der Waals surface area contributed by atoms with Crippen molar-refractivity contribution >= 4 is 34.5 Å². The third kappa shape index (κ3) is 6.80. The number of carbonyl (C=O) groups excluding carboxylic acids is 3. The van der Waals surface area contributed by atoms with Gasteiger partial charge in [-0.05, 0) is 39.0 Å². The first-order valence-corrected chi connectivity index (χ1v) is 10.8. The molecule has 0 aliphatic heterocycles. The van der Waals surface area contributed by atoms with Gasteiger partial charge in [-0.25, -0.2) is 31.9 Å². The molecule has 0 aliphatic carbocycles. The van der Waals surface area contributed by atoms with Crippen molar-refractivity contribution in [3.8, 4) is 5.75 Å². The molecule has 1 heterocycles. The molecule has 0 saturated carbocycles. The van der Waals surface area contributed by atoms with Gasteiger partial charge in [-0.3, -0.25) is 9.59 Å². The summed E-state index contributed by atoms with van der Waals surface area (Å²) in [5.74, 6) is -4.90. The van der Waals surface area contributed by atoms with Crippen LogP contribution >= 0.6 is 0 Å². The van der Waals surface area contributed by atoms with E-state index >= 15 is 0 Å². The van der Waals surface area contributed by atoms with Crippen LogP contribution in [0.3, 0.4) is 0 Å². The minimum atomic E-state index is -2.64. The molecule has 12 heteroatoms. The smallest absolute Gasteiger partial charge is 0.420 e. The second-order valence-electron chi connectivity index (χ2n) is 8.74. The first-order chi connectivity index (χ1) is 16.8. The number of imidazole rings is 1. The Balaban J connectivity index is 1.66. The van der Waals surface area contributed by atoms with Gasteiger partial charge in [0.15, 0.2) is 5.78 Å². The number of alkyl halides is 2. The van der Waals surface area contributed by atoms with Crippen LogP contribution in [0.4, 0.5) is 28.0 Å². The molecule has 1 amide bonds. The van der Waals surface area contributed by atoms with Crippen molar-refractivity contribution in [3.05, 3.63) is 53.9 Å². The first kappa shape index (κ1) is 26.6. The minimum Gasteiger partial charge on any atom is -0.493 e. The summed E-state index contributed by atoms with van der Waals surface area (Å²) in [5, 5.41) is 2.43. The number of fused-ring (bicyclic) bond motifs is 1. The molecule has 2 aromatic carbocycles. The van der Waals surface area contributed by atoms with Crippen molar-refractivity contribution in [1.29, 1.82) is 0 Å². The average molecular weight is 509 g/mol. The molecule has 36 heavy (non-hydrogen) atoms. The molecule has 0 aliphatic rings. The van der Waals surface area contributed by atoms with Crippen molar-refractivity contribution in [3.63, 3.8) is 0 Å². The topological polar surface area (TPSA) is 99.5 Å². The fourth-order valence-corrected chi connectivity index (χ4v) is 3.15. The molecule has 1 N–H and O–H groups in total. The molecule has 0 radical (unpaired) electrons. The summed E-state index contributed by atoms with van der Waals surface area (Å²) in [6, 6.07) is 5.80. The summed E-state index contributed by atoms with van der Waals surface area (Å²) >= 11 is 0. The van der Waals surface area contributed by atoms with Crippen LogP contribution in [0.2, 0.25) is 0 Å². The number of benzene rings is 2. The number of nitrogens with zero attached hydrogens (tertiary/aromatic N) is 2. The predicted molar refractivity (Wildman–Crippen MR) is 121 cm³/mol. The summed E-state index contributed by atoms with van der Waals surface area (Å²) in [7, 11) is 0. The van der Waals surface area contributed by atoms with Crippen LogP contribution in [0.5, 0.6) is 5.75 Å². The van der Waals surface area contributed by atoms with Gasteiger partial charge in [0.05, 0.1) is 29.6 Å². The number of carbonyl (C=O) groups is 3. The van der Waals surface area contributed by atoms with Crippen LogP contribution in [0, 0.1) is 11.6 Å². The molecule has 0 unspecified atom stereocenters. The molecule has 0 saturated heterocycles. The Morgan fingerprint density at radius 1 is 1.08 bits per heavy atom. The Morgan fingerprint density at radius 2 is 1.75 bits per heavy atom. The molecule has 192 valence electrons. The number of rotatable bonds is 8. The zero-order valence-electron chi connectivity index (χ0n) is 19.6. The highest BCUT2D eigenvalue weighted by molar-refractivity contribution is 6.11. The van der Waals surface area contributed by atoms with Crippen molar-refractivity contribution in [2.45, 2.75) is 45.6 Å². The minimum absolute atomic E-state index is 0.235. The van der Waals surface area contributed by atoms with E-state index in [1.54, 1.807) is 20.8 Å². The number of nitrogens with one attached hydrogen (secondary N) is 1. The van der Waals surface area contributed by atoms with Gasteiger partial charge in [-0.2, -0.15) is 0 Å². The zero-order chi connectivity index (χ0) is 26.6. The maximum absolute atomic E-state index is 14.3. The average Bonchev–Trinajstić information content (AvgIpc) is 3.15. The standard InChI is InChI=1S/C24H23F4N3O5/c1-24(2,3)36-23(34)31-12-29-17-8-13(4-5-18(17)31)30-21(33)11-19(32)22-15(25)9-14(10-16(22)26)35-7-6-20(27)28/h4-5,8-10,12,20H,6-7,11H2,1-3H3,(H,30,33). The van der Waals surface area contributed by atoms with Crippen molar-refractivity contribution in [2.24, 2.45) is 0 Å². The van der Waals surface area contributed by atoms with Crippen LogP contribution in [-0.4, -0.2) is 46.0 Å². The molecule has 0 atom stereocenters. The predicted octanol–water partition coefficient (Wildman–Crippen LogP) is 5.34. The molecule has 0 spiro atoms. The van der Waals surface area contributed by atoms with E-state index in [0.717, 1.165) is 0 Å². The normalized spacial score (nSPS) is 11.6. The van der Waals surface area contributed by atoms with Crippen LogP contribution in [0.15, 0.2) is 36.7 Å². The van der Waals surface area contributed by atoms with E-state index in [-0.39, 0.29) is 11.4 Å². The van der Waals surface area contributed by atoms with Gasteiger partial charge in [-0.1, -0.05) is 0 Å². The summed E-state index contributed by atoms with van der Waals surface area (Å²) < 4.78 is 64.3. The summed E-state index contributed by atoms with van der Waals surface area (Å²) in [6.07, 6.45) is -3.51. The lowest BCUT2D eigenvalue weighted by molar-refractivity contribution is -0.115. The molecule has 3 aromatic rings. The lowest BCUT2D eigenvalue weighted by Crippen LogP contribution is -2.26. The highest BCUT2D eigenvalue weighted by Gasteiger charge is 2.23. The number of ketones is 1. The molecule has 0 fully saturated rings. The van der Waals surface area contributed by atoms with Gasteiger partial charge in [0.2, 0.25) is 12.3 Å². The monoisotopic (exact) mass is 509 g/mol. The lowest BCUT2D eigenvalue weighted by Gasteiger charge is -2.19. The Hall–Kier alpha value is -3.96. The van der Waals surface area contributed by atoms with Crippen molar-refractivity contribution < 1.29 is 41.4 Å². The highest BCUT2D eigenvalue weighted by atomic mass is 19.3. The van der Waals surface area contributed by atoms with E-state index in [0.29, 0.717) is 23.2 Å². The van der Waals surface area contributed by atoms with Gasteiger partial charge in [-0.15, -0.1) is 0 Å². The molecule has 3 rings (SSSR count). The fourth-order valence-electron chi connectivity index (χ4n) is 3.15. The zero-order valence-corrected chi connectivity index (χ0v) is 19.6. The van der Waals surface area contributed by atoms with Crippen LogP contribution in [0.1, 0.15) is 44.0 Å². The van der Waals surface area contributed by atoms with Gasteiger partial charge in [0, 0.05) is 24.2 Å². The van der Waals surface area contributed by atoms with E-state index < -0.39 is 66.5 Å². The van der Waals surface area contributed by atoms with E-state index in [1.807, 2.05) is 0 Å². The van der Waals surface area contributed by atoms with Crippen LogP contribution in [0.25, 0.3) is 11.0 Å². The van der Waals surface area contributed by atoms with Crippen molar-refractivity contribution in [1.82, 2.24) is 9.55 Å². The SMILES string of the molecule is CC(C)(C)OC(=O)n1cnc2cc(NC(=O)CC(=O)c3c(F)cc(OCCC(F)F)cc3F)ccc21. The maximum Gasteiger partial charge on any atom is 0.420 e. The Labute approximate surface area is 203 Å². The number of hydrogen-bond donors (Lipinski definition) is 1. The van der Waals surface area contributed by atoms with E-state index in [4.69, 9.17) is 9.47 Å². The molecule has 0 bridgehead atoms. The summed E-state index contributed by atoms with van der Waals surface area (Å²) in [5.41, 5.74) is -0.659. The van der Waals surface area contributed by atoms with E-state index in [2.05, 4.69) is 10.3 Å². The largest absolute Gasteiger partial charge is 0.493 e. The number of aromatic nitrogens is 2. The molecular weight excluding hydrogens is 486 g/mol. The Kier molecular flexibility index (Phi) is 7.96. The number of halogens is 4. The third-order valence-corrected chi connectivity index (χ3v) is 4.64. The lowest BCUT2D eigenvalue weighted by atomic mass is 10.1. The third-order valence-electron chi connectivity index (χ3n) is 4.64. The quantitative estimate of drug-likeness (QED) is 0.250. The highest BCUT2D eigenvalue weighted by Crippen LogP contribution is 2.24. The van der Waals surface area contributed by atoms with Gasteiger partial charge >= 0.3 is 6.09 Å². The number of amides is 1. The second kappa shape index (κ2) is 10.8. The van der Waals surface area contributed by atoms with Crippen LogP contribution in [-0.2, 0) is 9.53 Å². The van der Waals surface area contributed by atoms with E-state index in [1.165, 1.54) is 29.1 Å². The molecule has 1 aromatic heterocycles. The number of Topliss-reactive ketones (excluding diaryl/α,β-unsaturated/α-hetero) is 1. The number of ether oxygens (including phenoxy) is 2. The Morgan fingerprint density at radius 3 is 2.36 bits per heavy atom. The van der Waals surface area contributed by atoms with Crippen LogP contribution < -0.4 is 10.1 Å². The number of anilines is 1. The van der Waals surface area contributed by atoms with Gasteiger partial charge in [0.25, 0.3) is 0 Å². The maximum atomic E-state index is 14.3. The Bertz CT molecular complexity index is 1280. The second-order valence-corrected chi connectivity index (χ2v) is 8.74. The summed E-state index contributed by atoms with van der Waals surface area (Å²) in [4.78, 5) is 41.1. The summed E-state index contributed by atoms with van der Waals surface area (Å²) in [6.45, 7) is 4.69. The first-order valence-electron chi connectivity index (χ1n) is 10.8. The molecular formula is C24H23F4N3O5. The van der Waals surface area contributed by atoms with E-state index in [9.17, 15) is 31.9 Å². The molecule has 8 nitrogen and oxygen atoms in total. The van der Waals surface area contributed by atoms with Gasteiger partial charge in [0.1, 0.15) is 29.3 Å². The van der Waals surface area contributed by atoms with Crippen molar-refractivity contribution in [2.75, 3.05) is 11.9 Å². The fraction of sp³-hybridized carbons (Fsp3) is 0.333.